The second-order valence-corrected chi connectivity index (χ2v) is 7.44. The molecule has 1 aromatic carbocycles. The Morgan fingerprint density at radius 3 is 2.52 bits per heavy atom. The summed E-state index contributed by atoms with van der Waals surface area (Å²) in [5.74, 6) is -0.927. The zero-order valence-electron chi connectivity index (χ0n) is 16.5. The van der Waals surface area contributed by atoms with E-state index >= 15 is 0 Å². The van der Waals surface area contributed by atoms with E-state index in [9.17, 15) is 19.8 Å². The van der Waals surface area contributed by atoms with E-state index in [0.29, 0.717) is 13.0 Å². The highest BCUT2D eigenvalue weighted by Crippen LogP contribution is 2.30. The third kappa shape index (κ3) is 5.08. The lowest BCUT2D eigenvalue weighted by atomic mass is 9.85. The number of aliphatic hydroxyl groups is 2. The van der Waals surface area contributed by atoms with Crippen molar-refractivity contribution in [3.63, 3.8) is 0 Å². The van der Waals surface area contributed by atoms with Crippen LogP contribution < -0.4 is 5.32 Å². The van der Waals surface area contributed by atoms with Crippen molar-refractivity contribution in [1.29, 1.82) is 0 Å². The first-order valence-electron chi connectivity index (χ1n) is 9.84. The summed E-state index contributed by atoms with van der Waals surface area (Å²) in [6, 6.07) is 8.63. The van der Waals surface area contributed by atoms with Crippen molar-refractivity contribution < 1.29 is 19.8 Å². The predicted octanol–water partition coefficient (Wildman–Crippen LogP) is 1.87. The van der Waals surface area contributed by atoms with Crippen LogP contribution in [0.2, 0.25) is 0 Å². The Bertz CT molecular complexity index is 622. The van der Waals surface area contributed by atoms with E-state index < -0.39 is 18.1 Å². The molecule has 5 atom stereocenters. The molecule has 0 radical (unpaired) electrons. The number of likely N-dealkylation sites (tertiary alicyclic amines) is 1. The summed E-state index contributed by atoms with van der Waals surface area (Å²) in [6.45, 7) is 5.91. The summed E-state index contributed by atoms with van der Waals surface area (Å²) in [5.41, 5.74) is 0.743. The minimum atomic E-state index is -0.806. The van der Waals surface area contributed by atoms with Gasteiger partial charge in [-0.25, -0.2) is 0 Å². The van der Waals surface area contributed by atoms with Crippen molar-refractivity contribution in [2.45, 2.75) is 58.2 Å². The minimum Gasteiger partial charge on any atom is -0.396 e. The maximum atomic E-state index is 12.8. The number of amides is 2. The zero-order valence-corrected chi connectivity index (χ0v) is 16.5. The molecular formula is C21H32N2O4. The largest absolute Gasteiger partial charge is 0.396 e. The Balaban J connectivity index is 2.02. The first-order valence-corrected chi connectivity index (χ1v) is 9.84. The SMILES string of the molecule is CCC(=O)N1CCC[C@H]1[C@H](CO)[C@@H](C)C(=O)N[C@H](C)[C@@H](O)c1ccccc1. The van der Waals surface area contributed by atoms with E-state index in [-0.39, 0.29) is 30.4 Å². The summed E-state index contributed by atoms with van der Waals surface area (Å²) in [6.07, 6.45) is 1.32. The van der Waals surface area contributed by atoms with E-state index in [1.54, 1.807) is 13.8 Å². The number of hydrogen-bond acceptors (Lipinski definition) is 4. The maximum Gasteiger partial charge on any atom is 0.223 e. The minimum absolute atomic E-state index is 0.0661. The molecule has 1 fully saturated rings. The van der Waals surface area contributed by atoms with Gasteiger partial charge in [-0.1, -0.05) is 44.2 Å². The maximum absolute atomic E-state index is 12.8. The van der Waals surface area contributed by atoms with Gasteiger partial charge in [-0.15, -0.1) is 0 Å². The van der Waals surface area contributed by atoms with E-state index in [1.807, 2.05) is 42.2 Å². The molecule has 0 saturated carbocycles. The molecule has 2 amide bonds. The van der Waals surface area contributed by atoms with Crippen molar-refractivity contribution in [3.05, 3.63) is 35.9 Å². The van der Waals surface area contributed by atoms with Crippen molar-refractivity contribution >= 4 is 11.8 Å². The van der Waals surface area contributed by atoms with Gasteiger partial charge in [-0.2, -0.15) is 0 Å². The van der Waals surface area contributed by atoms with Crippen LogP contribution in [0.1, 0.15) is 51.7 Å². The lowest BCUT2D eigenvalue weighted by molar-refractivity contribution is -0.136. The van der Waals surface area contributed by atoms with Crippen LogP contribution in [0.15, 0.2) is 30.3 Å². The fraction of sp³-hybridized carbons (Fsp3) is 0.619. The van der Waals surface area contributed by atoms with E-state index in [1.165, 1.54) is 0 Å². The Labute approximate surface area is 161 Å². The number of rotatable bonds is 8. The molecule has 1 aliphatic heterocycles. The Morgan fingerprint density at radius 1 is 1.26 bits per heavy atom. The fourth-order valence-electron chi connectivity index (χ4n) is 3.93. The normalized spacial score (nSPS) is 21.4. The van der Waals surface area contributed by atoms with Gasteiger partial charge in [0, 0.05) is 37.5 Å². The van der Waals surface area contributed by atoms with Crippen molar-refractivity contribution in [2.24, 2.45) is 11.8 Å². The fourth-order valence-corrected chi connectivity index (χ4v) is 3.93. The first-order chi connectivity index (χ1) is 12.9. The summed E-state index contributed by atoms with van der Waals surface area (Å²) in [4.78, 5) is 26.7. The van der Waals surface area contributed by atoms with Gasteiger partial charge in [0.15, 0.2) is 0 Å². The molecule has 0 aliphatic carbocycles. The summed E-state index contributed by atoms with van der Waals surface area (Å²) in [7, 11) is 0. The van der Waals surface area contributed by atoms with Gasteiger partial charge < -0.3 is 20.4 Å². The van der Waals surface area contributed by atoms with Gasteiger partial charge in [0.05, 0.1) is 12.1 Å². The molecule has 0 spiro atoms. The number of nitrogens with zero attached hydrogens (tertiary/aromatic N) is 1. The Kier molecular flexibility index (Phi) is 7.80. The smallest absolute Gasteiger partial charge is 0.223 e. The molecule has 1 aromatic rings. The van der Waals surface area contributed by atoms with E-state index in [0.717, 1.165) is 18.4 Å². The quantitative estimate of drug-likeness (QED) is 0.646. The van der Waals surface area contributed by atoms with Crippen LogP contribution in [0.4, 0.5) is 0 Å². The Morgan fingerprint density at radius 2 is 1.93 bits per heavy atom. The van der Waals surface area contributed by atoms with Crippen molar-refractivity contribution in [1.82, 2.24) is 10.2 Å². The average Bonchev–Trinajstić information content (AvgIpc) is 3.17. The molecule has 27 heavy (non-hydrogen) atoms. The number of hydrogen-bond donors (Lipinski definition) is 3. The molecule has 0 aromatic heterocycles. The first kappa shape index (κ1) is 21.4. The van der Waals surface area contributed by atoms with Crippen LogP contribution in [-0.4, -0.2) is 52.2 Å². The number of carbonyl (C=O) groups excluding carboxylic acids is 2. The van der Waals surface area contributed by atoms with Gasteiger partial charge in [-0.05, 0) is 25.3 Å². The molecule has 1 saturated heterocycles. The van der Waals surface area contributed by atoms with Gasteiger partial charge >= 0.3 is 0 Å². The monoisotopic (exact) mass is 376 g/mol. The van der Waals surface area contributed by atoms with Crippen molar-refractivity contribution in [2.75, 3.05) is 13.2 Å². The molecule has 0 bridgehead atoms. The zero-order chi connectivity index (χ0) is 20.0. The number of benzene rings is 1. The molecule has 150 valence electrons. The van der Waals surface area contributed by atoms with Crippen LogP contribution in [0.25, 0.3) is 0 Å². The predicted molar refractivity (Wildman–Crippen MR) is 104 cm³/mol. The average molecular weight is 376 g/mol. The molecular weight excluding hydrogens is 344 g/mol. The van der Waals surface area contributed by atoms with Gasteiger partial charge in [0.25, 0.3) is 0 Å². The van der Waals surface area contributed by atoms with Crippen LogP contribution in [0, 0.1) is 11.8 Å². The van der Waals surface area contributed by atoms with Gasteiger partial charge in [0.1, 0.15) is 0 Å². The summed E-state index contributed by atoms with van der Waals surface area (Å²) < 4.78 is 0. The summed E-state index contributed by atoms with van der Waals surface area (Å²) in [5, 5.41) is 23.3. The topological polar surface area (TPSA) is 89.9 Å². The number of aliphatic hydroxyl groups excluding tert-OH is 2. The highest BCUT2D eigenvalue weighted by atomic mass is 16.3. The third-order valence-corrected chi connectivity index (χ3v) is 5.67. The van der Waals surface area contributed by atoms with E-state index in [2.05, 4.69) is 5.32 Å². The molecule has 2 rings (SSSR count). The molecule has 0 unspecified atom stereocenters. The molecule has 6 nitrogen and oxygen atoms in total. The lowest BCUT2D eigenvalue weighted by Crippen LogP contribution is -2.48. The Hall–Kier alpha value is -1.92. The van der Waals surface area contributed by atoms with Crippen molar-refractivity contribution in [3.8, 4) is 0 Å². The highest BCUT2D eigenvalue weighted by Gasteiger charge is 2.39. The van der Waals surface area contributed by atoms with Crippen LogP contribution in [0.5, 0.6) is 0 Å². The van der Waals surface area contributed by atoms with Crippen LogP contribution >= 0.6 is 0 Å². The number of carbonyl (C=O) groups is 2. The molecule has 1 aliphatic rings. The standard InChI is InChI=1S/C21H32N2O4/c1-4-19(25)23-12-8-11-18(23)17(13-24)14(2)21(27)22-15(3)20(26)16-9-6-5-7-10-16/h5-7,9-10,14-15,17-18,20,24,26H,4,8,11-13H2,1-3H3,(H,22,27)/t14-,15-,17-,18+,20-/m1/s1. The molecule has 1 heterocycles. The molecule has 3 N–H and O–H groups in total. The number of nitrogens with one attached hydrogen (secondary N) is 1. The van der Waals surface area contributed by atoms with Gasteiger partial charge in [-0.3, -0.25) is 9.59 Å². The van der Waals surface area contributed by atoms with Gasteiger partial charge in [0.2, 0.25) is 11.8 Å². The van der Waals surface area contributed by atoms with Crippen LogP contribution in [0.3, 0.4) is 0 Å². The second-order valence-electron chi connectivity index (χ2n) is 7.44. The van der Waals surface area contributed by atoms with Crippen LogP contribution in [-0.2, 0) is 9.59 Å². The molecule has 6 heteroatoms. The lowest BCUT2D eigenvalue weighted by Gasteiger charge is -2.34. The van der Waals surface area contributed by atoms with E-state index in [4.69, 9.17) is 0 Å². The third-order valence-electron chi connectivity index (χ3n) is 5.67. The second kappa shape index (κ2) is 9.85. The highest BCUT2D eigenvalue weighted by molar-refractivity contribution is 5.80. The summed E-state index contributed by atoms with van der Waals surface area (Å²) >= 11 is 0.